The predicted octanol–water partition coefficient (Wildman–Crippen LogP) is 4.86. The van der Waals surface area contributed by atoms with Crippen LogP contribution in [-0.4, -0.2) is 15.5 Å². The zero-order chi connectivity index (χ0) is 17.4. The van der Waals surface area contributed by atoms with Crippen molar-refractivity contribution in [2.45, 2.75) is 6.92 Å². The Morgan fingerprint density at radius 2 is 1.88 bits per heavy atom. The number of thiazole rings is 1. The average molecular weight is 347 g/mol. The summed E-state index contributed by atoms with van der Waals surface area (Å²) in [4.78, 5) is 17.0. The van der Waals surface area contributed by atoms with E-state index in [2.05, 4.69) is 33.1 Å². The van der Waals surface area contributed by atoms with Crippen LogP contribution in [0.4, 0.5) is 5.69 Å². The quantitative estimate of drug-likeness (QED) is 0.575. The molecule has 0 saturated heterocycles. The van der Waals surface area contributed by atoms with Gasteiger partial charge in [0.15, 0.2) is 0 Å². The van der Waals surface area contributed by atoms with Gasteiger partial charge in [-0.15, -0.1) is 11.3 Å². The number of anilines is 1. The van der Waals surface area contributed by atoms with Crippen molar-refractivity contribution in [1.29, 1.82) is 0 Å². The van der Waals surface area contributed by atoms with Gasteiger partial charge in [0.1, 0.15) is 10.7 Å². The summed E-state index contributed by atoms with van der Waals surface area (Å²) in [6, 6.07) is 18.0. The van der Waals surface area contributed by atoms with Crippen LogP contribution in [0.25, 0.3) is 21.6 Å². The van der Waals surface area contributed by atoms with E-state index in [1.807, 2.05) is 50.4 Å². The molecule has 0 fully saturated rings. The van der Waals surface area contributed by atoms with E-state index in [0.717, 1.165) is 27.5 Å². The van der Waals surface area contributed by atoms with Crippen LogP contribution < -0.4 is 5.32 Å². The van der Waals surface area contributed by atoms with Crippen LogP contribution in [0.2, 0.25) is 0 Å². The summed E-state index contributed by atoms with van der Waals surface area (Å²) in [6.07, 6.45) is 0. The Labute approximate surface area is 149 Å². The fourth-order valence-electron chi connectivity index (χ4n) is 2.89. The third-order valence-corrected chi connectivity index (χ3v) is 5.17. The number of nitrogens with zero attached hydrogens (tertiary/aromatic N) is 2. The molecule has 0 aliphatic rings. The van der Waals surface area contributed by atoms with Crippen LogP contribution in [0, 0.1) is 6.92 Å². The molecule has 2 aromatic carbocycles. The molecular formula is C20H17N3OS. The maximum atomic E-state index is 12.5. The Morgan fingerprint density at radius 1 is 1.12 bits per heavy atom. The highest BCUT2D eigenvalue weighted by molar-refractivity contribution is 7.13. The number of rotatable bonds is 3. The van der Waals surface area contributed by atoms with E-state index >= 15 is 0 Å². The smallest absolute Gasteiger partial charge is 0.275 e. The van der Waals surface area contributed by atoms with Crippen molar-refractivity contribution in [1.82, 2.24) is 9.55 Å². The van der Waals surface area contributed by atoms with Crippen molar-refractivity contribution in [3.63, 3.8) is 0 Å². The second kappa shape index (κ2) is 6.18. The lowest BCUT2D eigenvalue weighted by Crippen LogP contribution is -2.13. The summed E-state index contributed by atoms with van der Waals surface area (Å²) in [5.41, 5.74) is 4.44. The van der Waals surface area contributed by atoms with Gasteiger partial charge in [-0.3, -0.25) is 4.79 Å². The van der Waals surface area contributed by atoms with E-state index in [4.69, 9.17) is 0 Å². The summed E-state index contributed by atoms with van der Waals surface area (Å²) >= 11 is 1.48. The topological polar surface area (TPSA) is 46.9 Å². The number of carbonyl (C=O) groups excluding carboxylic acids is 1. The van der Waals surface area contributed by atoms with Gasteiger partial charge >= 0.3 is 0 Å². The highest BCUT2D eigenvalue weighted by Gasteiger charge is 2.15. The van der Waals surface area contributed by atoms with E-state index in [1.54, 1.807) is 5.38 Å². The SMILES string of the molecule is Cc1ccccc1NC(=O)c1csc(-c2cc3ccccc3n2C)n1. The van der Waals surface area contributed by atoms with E-state index in [9.17, 15) is 4.79 Å². The molecule has 0 aliphatic carbocycles. The highest BCUT2D eigenvalue weighted by Crippen LogP contribution is 2.29. The lowest BCUT2D eigenvalue weighted by atomic mass is 10.2. The van der Waals surface area contributed by atoms with Crippen molar-refractivity contribution < 1.29 is 4.79 Å². The second-order valence-electron chi connectivity index (χ2n) is 5.95. The summed E-state index contributed by atoms with van der Waals surface area (Å²) < 4.78 is 2.11. The molecule has 2 aromatic heterocycles. The van der Waals surface area contributed by atoms with Crippen molar-refractivity contribution in [3.05, 3.63) is 71.2 Å². The van der Waals surface area contributed by atoms with Crippen LogP contribution in [0.5, 0.6) is 0 Å². The molecule has 2 heterocycles. The molecule has 0 spiro atoms. The van der Waals surface area contributed by atoms with Crippen molar-refractivity contribution >= 4 is 33.8 Å². The Morgan fingerprint density at radius 3 is 2.68 bits per heavy atom. The first-order chi connectivity index (χ1) is 12.1. The lowest BCUT2D eigenvalue weighted by molar-refractivity contribution is 0.102. The zero-order valence-electron chi connectivity index (χ0n) is 14.0. The Balaban J connectivity index is 1.64. The first-order valence-electron chi connectivity index (χ1n) is 8.01. The molecule has 0 saturated carbocycles. The van der Waals surface area contributed by atoms with Crippen molar-refractivity contribution in [2.75, 3.05) is 5.32 Å². The molecule has 5 heteroatoms. The number of carbonyl (C=O) groups is 1. The third kappa shape index (κ3) is 2.83. The van der Waals surface area contributed by atoms with Gasteiger partial charge in [0.25, 0.3) is 5.91 Å². The van der Waals surface area contributed by atoms with E-state index in [0.29, 0.717) is 5.69 Å². The number of benzene rings is 2. The predicted molar refractivity (Wildman–Crippen MR) is 103 cm³/mol. The first kappa shape index (κ1) is 15.6. The van der Waals surface area contributed by atoms with Crippen LogP contribution in [0.1, 0.15) is 16.1 Å². The standard InChI is InChI=1S/C20H17N3OS/c1-13-7-3-5-9-15(13)21-19(24)16-12-25-20(22-16)18-11-14-8-4-6-10-17(14)23(18)2/h3-12H,1-2H3,(H,21,24). The van der Waals surface area contributed by atoms with Crippen LogP contribution in [0.3, 0.4) is 0 Å². The number of aryl methyl sites for hydroxylation is 2. The Hall–Kier alpha value is -2.92. The number of fused-ring (bicyclic) bond motifs is 1. The number of para-hydroxylation sites is 2. The molecule has 1 amide bonds. The number of nitrogens with one attached hydrogen (secondary N) is 1. The molecule has 0 radical (unpaired) electrons. The highest BCUT2D eigenvalue weighted by atomic mass is 32.1. The molecule has 1 N–H and O–H groups in total. The molecule has 0 aliphatic heterocycles. The molecule has 4 nitrogen and oxygen atoms in total. The number of amides is 1. The molecule has 0 bridgehead atoms. The second-order valence-corrected chi connectivity index (χ2v) is 6.81. The average Bonchev–Trinajstić information content (AvgIpc) is 3.22. The molecule has 0 unspecified atom stereocenters. The largest absolute Gasteiger partial charge is 0.342 e. The molecule has 0 atom stereocenters. The van der Waals surface area contributed by atoms with Gasteiger partial charge in [0, 0.05) is 29.0 Å². The van der Waals surface area contributed by atoms with Gasteiger partial charge in [0.2, 0.25) is 0 Å². The van der Waals surface area contributed by atoms with Crippen molar-refractivity contribution in [3.8, 4) is 10.7 Å². The van der Waals surface area contributed by atoms with Gasteiger partial charge in [-0.2, -0.15) is 0 Å². The maximum absolute atomic E-state index is 12.5. The zero-order valence-corrected chi connectivity index (χ0v) is 14.8. The summed E-state index contributed by atoms with van der Waals surface area (Å²) in [5.74, 6) is -0.185. The molecule has 124 valence electrons. The Bertz CT molecular complexity index is 1080. The fourth-order valence-corrected chi connectivity index (χ4v) is 3.74. The van der Waals surface area contributed by atoms with Gasteiger partial charge in [-0.25, -0.2) is 4.98 Å². The third-order valence-electron chi connectivity index (χ3n) is 4.30. The number of aromatic nitrogens is 2. The van der Waals surface area contributed by atoms with E-state index in [1.165, 1.54) is 16.7 Å². The number of hydrogen-bond donors (Lipinski definition) is 1. The van der Waals surface area contributed by atoms with E-state index < -0.39 is 0 Å². The van der Waals surface area contributed by atoms with Gasteiger partial charge in [-0.05, 0) is 30.7 Å². The fraction of sp³-hybridized carbons (Fsp3) is 0.100. The van der Waals surface area contributed by atoms with Crippen LogP contribution in [0.15, 0.2) is 60.0 Å². The normalized spacial score (nSPS) is 11.0. The molecule has 25 heavy (non-hydrogen) atoms. The maximum Gasteiger partial charge on any atom is 0.275 e. The molecule has 4 rings (SSSR count). The lowest BCUT2D eigenvalue weighted by Gasteiger charge is -2.06. The number of hydrogen-bond acceptors (Lipinski definition) is 3. The van der Waals surface area contributed by atoms with Crippen molar-refractivity contribution in [2.24, 2.45) is 7.05 Å². The van der Waals surface area contributed by atoms with Crippen LogP contribution in [-0.2, 0) is 7.05 Å². The minimum atomic E-state index is -0.185. The molecule has 4 aromatic rings. The molecular weight excluding hydrogens is 330 g/mol. The van der Waals surface area contributed by atoms with Gasteiger partial charge < -0.3 is 9.88 Å². The van der Waals surface area contributed by atoms with E-state index in [-0.39, 0.29) is 5.91 Å². The Kier molecular flexibility index (Phi) is 3.86. The van der Waals surface area contributed by atoms with Gasteiger partial charge in [0.05, 0.1) is 5.69 Å². The monoisotopic (exact) mass is 347 g/mol. The first-order valence-corrected chi connectivity index (χ1v) is 8.89. The summed E-state index contributed by atoms with van der Waals surface area (Å²) in [7, 11) is 2.02. The van der Waals surface area contributed by atoms with Crippen LogP contribution >= 0.6 is 11.3 Å². The minimum absolute atomic E-state index is 0.185. The summed E-state index contributed by atoms with van der Waals surface area (Å²) in [5, 5.41) is 6.75. The summed E-state index contributed by atoms with van der Waals surface area (Å²) in [6.45, 7) is 1.97. The minimum Gasteiger partial charge on any atom is -0.342 e. The van der Waals surface area contributed by atoms with Gasteiger partial charge in [-0.1, -0.05) is 36.4 Å².